The number of benzene rings is 1. The summed E-state index contributed by atoms with van der Waals surface area (Å²) in [6.07, 6.45) is 4.45. The first-order valence-corrected chi connectivity index (χ1v) is 13.2. The van der Waals surface area contributed by atoms with Gasteiger partial charge in [-0.1, -0.05) is 19.9 Å². The van der Waals surface area contributed by atoms with Gasteiger partial charge in [-0.3, -0.25) is 9.20 Å². The fraction of sp³-hybridized carbons (Fsp3) is 0.333. The number of hydrogen-bond donors (Lipinski definition) is 1. The number of nitrogens with one attached hydrogen (secondary N) is 1. The van der Waals surface area contributed by atoms with E-state index in [1.165, 1.54) is 12.3 Å². The monoisotopic (exact) mass is 544 g/mol. The third-order valence-electron chi connectivity index (χ3n) is 7.12. The molecule has 0 atom stereocenters. The van der Waals surface area contributed by atoms with Crippen LogP contribution in [0.15, 0.2) is 54.9 Å². The van der Waals surface area contributed by atoms with E-state index in [4.69, 9.17) is 9.72 Å². The van der Waals surface area contributed by atoms with Crippen molar-refractivity contribution < 1.29 is 18.3 Å². The summed E-state index contributed by atoms with van der Waals surface area (Å²) >= 11 is 0. The second kappa shape index (κ2) is 10.9. The quantitative estimate of drug-likeness (QED) is 0.336. The number of rotatable bonds is 7. The summed E-state index contributed by atoms with van der Waals surface area (Å²) < 4.78 is 35.9. The SMILES string of the molecule is CC(C)COc1cc(-c2ccc(N3CCC(C)(NC(=O)c4c(F)cccc4F)CC3)nc2)n2c(C#N)cnc2c1. The number of piperidine rings is 1. The van der Waals surface area contributed by atoms with E-state index in [0.29, 0.717) is 55.5 Å². The first-order chi connectivity index (χ1) is 19.2. The predicted octanol–water partition coefficient (Wildman–Crippen LogP) is 5.37. The van der Waals surface area contributed by atoms with E-state index in [9.17, 15) is 18.8 Å². The number of amides is 1. The highest BCUT2D eigenvalue weighted by atomic mass is 19.1. The van der Waals surface area contributed by atoms with Gasteiger partial charge in [0.2, 0.25) is 0 Å². The fourth-order valence-corrected chi connectivity index (χ4v) is 4.86. The van der Waals surface area contributed by atoms with Gasteiger partial charge in [-0.25, -0.2) is 18.7 Å². The standard InChI is InChI=1S/C30H30F2N6O2/c1-19(2)18-40-22-13-25(38-21(15-33)17-35-27(38)14-22)20-7-8-26(34-16-20)37-11-9-30(3,10-12-37)36-29(39)28-23(31)5-4-6-24(28)32/h4-8,13-14,16-17,19H,9-12,18H2,1-3H3,(H,36,39). The first-order valence-electron chi connectivity index (χ1n) is 13.2. The lowest BCUT2D eigenvalue weighted by molar-refractivity contribution is 0.0883. The highest BCUT2D eigenvalue weighted by molar-refractivity contribution is 5.95. The fourth-order valence-electron chi connectivity index (χ4n) is 4.86. The Labute approximate surface area is 231 Å². The Morgan fingerprint density at radius 3 is 2.48 bits per heavy atom. The largest absolute Gasteiger partial charge is 0.493 e. The van der Waals surface area contributed by atoms with E-state index >= 15 is 0 Å². The average Bonchev–Trinajstić information content (AvgIpc) is 3.35. The van der Waals surface area contributed by atoms with E-state index in [2.05, 4.69) is 35.1 Å². The lowest BCUT2D eigenvalue weighted by atomic mass is 9.89. The Hall–Kier alpha value is -4.52. The predicted molar refractivity (Wildman–Crippen MR) is 147 cm³/mol. The third kappa shape index (κ3) is 5.45. The van der Waals surface area contributed by atoms with Crippen LogP contribution in [0, 0.1) is 28.9 Å². The lowest BCUT2D eigenvalue weighted by Gasteiger charge is -2.40. The van der Waals surface area contributed by atoms with Gasteiger partial charge in [0, 0.05) is 42.5 Å². The molecule has 0 aliphatic carbocycles. The van der Waals surface area contributed by atoms with Crippen molar-refractivity contribution in [1.82, 2.24) is 19.7 Å². The number of nitriles is 1. The Morgan fingerprint density at radius 2 is 1.85 bits per heavy atom. The maximum Gasteiger partial charge on any atom is 0.257 e. The topological polar surface area (TPSA) is 95.5 Å². The van der Waals surface area contributed by atoms with Crippen molar-refractivity contribution >= 4 is 17.4 Å². The summed E-state index contributed by atoms with van der Waals surface area (Å²) in [5, 5.41) is 12.4. The van der Waals surface area contributed by atoms with Crippen molar-refractivity contribution in [2.24, 2.45) is 5.92 Å². The summed E-state index contributed by atoms with van der Waals surface area (Å²) in [7, 11) is 0. The number of pyridine rings is 2. The molecule has 1 saturated heterocycles. The molecule has 5 rings (SSSR count). The van der Waals surface area contributed by atoms with Crippen LogP contribution in [0.3, 0.4) is 0 Å². The zero-order chi connectivity index (χ0) is 28.4. The number of anilines is 1. The van der Waals surface area contributed by atoms with Crippen LogP contribution in [0.2, 0.25) is 0 Å². The van der Waals surface area contributed by atoms with E-state index in [1.807, 2.05) is 31.2 Å². The summed E-state index contributed by atoms with van der Waals surface area (Å²) in [4.78, 5) is 23.8. The van der Waals surface area contributed by atoms with Gasteiger partial charge in [0.15, 0.2) is 0 Å². The highest BCUT2D eigenvalue weighted by Gasteiger charge is 2.33. The molecule has 3 aromatic heterocycles. The zero-order valence-corrected chi connectivity index (χ0v) is 22.6. The molecule has 0 saturated carbocycles. The molecule has 1 fully saturated rings. The maximum absolute atomic E-state index is 14.1. The lowest BCUT2D eigenvalue weighted by Crippen LogP contribution is -2.53. The van der Waals surface area contributed by atoms with Crippen LogP contribution >= 0.6 is 0 Å². The third-order valence-corrected chi connectivity index (χ3v) is 7.12. The van der Waals surface area contributed by atoms with Gasteiger partial charge in [0.25, 0.3) is 5.91 Å². The second-order valence-electron chi connectivity index (χ2n) is 10.7. The van der Waals surface area contributed by atoms with Crippen molar-refractivity contribution in [3.8, 4) is 23.1 Å². The van der Waals surface area contributed by atoms with Crippen LogP contribution in [0.5, 0.6) is 5.75 Å². The number of carbonyl (C=O) groups is 1. The van der Waals surface area contributed by atoms with Crippen LogP contribution in [0.4, 0.5) is 14.6 Å². The molecule has 1 aromatic carbocycles. The molecule has 10 heteroatoms. The normalized spacial score (nSPS) is 14.8. The molecule has 40 heavy (non-hydrogen) atoms. The van der Waals surface area contributed by atoms with E-state index in [1.54, 1.807) is 10.6 Å². The second-order valence-corrected chi connectivity index (χ2v) is 10.7. The average molecular weight is 545 g/mol. The summed E-state index contributed by atoms with van der Waals surface area (Å²) in [6.45, 7) is 7.80. The number of aromatic nitrogens is 3. The molecule has 1 amide bonds. The number of halogens is 2. The molecular weight excluding hydrogens is 514 g/mol. The van der Waals surface area contributed by atoms with Crippen molar-refractivity contribution in [3.63, 3.8) is 0 Å². The van der Waals surface area contributed by atoms with E-state index in [-0.39, 0.29) is 0 Å². The molecule has 0 spiro atoms. The minimum Gasteiger partial charge on any atom is -0.493 e. The minimum absolute atomic E-state index is 0.357. The van der Waals surface area contributed by atoms with Gasteiger partial charge in [0.1, 0.15) is 46.2 Å². The molecule has 206 valence electrons. The first kappa shape index (κ1) is 27.1. The van der Waals surface area contributed by atoms with Crippen molar-refractivity contribution in [3.05, 3.63) is 77.8 Å². The summed E-state index contributed by atoms with van der Waals surface area (Å²) in [6, 6.07) is 13.1. The van der Waals surface area contributed by atoms with Gasteiger partial charge in [0.05, 0.1) is 18.5 Å². The van der Waals surface area contributed by atoms with Gasteiger partial charge >= 0.3 is 0 Å². The van der Waals surface area contributed by atoms with Crippen LogP contribution in [-0.4, -0.2) is 45.5 Å². The number of ether oxygens (including phenoxy) is 1. The molecule has 4 aromatic rings. The van der Waals surface area contributed by atoms with Gasteiger partial charge in [-0.2, -0.15) is 5.26 Å². The number of fused-ring (bicyclic) bond motifs is 1. The zero-order valence-electron chi connectivity index (χ0n) is 22.6. The molecule has 4 heterocycles. The number of hydrogen-bond acceptors (Lipinski definition) is 6. The molecule has 1 N–H and O–H groups in total. The van der Waals surface area contributed by atoms with Crippen LogP contribution in [0.1, 0.15) is 49.7 Å². The van der Waals surface area contributed by atoms with E-state index in [0.717, 1.165) is 29.2 Å². The summed E-state index contributed by atoms with van der Waals surface area (Å²) in [5.41, 5.74) is 1.41. The Kier molecular flexibility index (Phi) is 7.39. The molecule has 1 aliphatic heterocycles. The minimum atomic E-state index is -0.880. The van der Waals surface area contributed by atoms with Gasteiger partial charge in [-0.15, -0.1) is 0 Å². The van der Waals surface area contributed by atoms with Crippen molar-refractivity contribution in [1.29, 1.82) is 5.26 Å². The van der Waals surface area contributed by atoms with Crippen LogP contribution in [-0.2, 0) is 0 Å². The van der Waals surface area contributed by atoms with Gasteiger partial charge < -0.3 is 15.0 Å². The number of nitrogens with zero attached hydrogens (tertiary/aromatic N) is 5. The Morgan fingerprint density at radius 1 is 1.12 bits per heavy atom. The van der Waals surface area contributed by atoms with Crippen molar-refractivity contribution in [2.45, 2.75) is 39.2 Å². The number of carbonyl (C=O) groups excluding carboxylic acids is 1. The van der Waals surface area contributed by atoms with Crippen molar-refractivity contribution in [2.75, 3.05) is 24.6 Å². The smallest absolute Gasteiger partial charge is 0.257 e. The van der Waals surface area contributed by atoms with Crippen LogP contribution < -0.4 is 15.0 Å². The Balaban J connectivity index is 1.32. The van der Waals surface area contributed by atoms with E-state index < -0.39 is 28.6 Å². The number of imidazole rings is 1. The maximum atomic E-state index is 14.1. The molecule has 8 nitrogen and oxygen atoms in total. The Bertz CT molecular complexity index is 1560. The molecule has 0 bridgehead atoms. The highest BCUT2D eigenvalue weighted by Crippen LogP contribution is 2.30. The molecule has 1 aliphatic rings. The summed E-state index contributed by atoms with van der Waals surface area (Å²) in [5.74, 6) is -0.717. The molecular formula is C30H30F2N6O2. The molecule has 0 unspecified atom stereocenters. The van der Waals surface area contributed by atoms with Gasteiger partial charge in [-0.05, 0) is 49.9 Å². The van der Waals surface area contributed by atoms with Crippen LogP contribution in [0.25, 0.3) is 16.9 Å². The molecule has 0 radical (unpaired) electrons.